The Balaban J connectivity index is 3.56. The summed E-state index contributed by atoms with van der Waals surface area (Å²) in [6.45, 7) is 4.32. The maximum atomic E-state index is 12.3. The van der Waals surface area contributed by atoms with Gasteiger partial charge in [-0.15, -0.1) is 0 Å². The van der Waals surface area contributed by atoms with Gasteiger partial charge < -0.3 is 15.5 Å². The summed E-state index contributed by atoms with van der Waals surface area (Å²) in [6.07, 6.45) is 44.4. The lowest BCUT2D eigenvalue weighted by Crippen LogP contribution is -2.45. The molecule has 262 valence electrons. The zero-order valence-electron chi connectivity index (χ0n) is 29.9. The molecule has 0 saturated carbocycles. The third-order valence-corrected chi connectivity index (χ3v) is 9.27. The molecule has 44 heavy (non-hydrogen) atoms. The van der Waals surface area contributed by atoms with E-state index < -0.39 is 12.1 Å². The van der Waals surface area contributed by atoms with Crippen LogP contribution in [0.3, 0.4) is 0 Å². The van der Waals surface area contributed by atoms with Gasteiger partial charge in [-0.1, -0.05) is 206 Å². The topological polar surface area (TPSA) is 69.6 Å². The molecule has 3 N–H and O–H groups in total. The second-order valence-corrected chi connectivity index (χ2v) is 13.7. The van der Waals surface area contributed by atoms with Crippen LogP contribution in [-0.4, -0.2) is 34.9 Å². The second-order valence-electron chi connectivity index (χ2n) is 13.7. The van der Waals surface area contributed by atoms with E-state index in [9.17, 15) is 15.0 Å². The zero-order chi connectivity index (χ0) is 32.2. The average Bonchev–Trinajstić information content (AvgIpc) is 3.03. The molecule has 0 aromatic heterocycles. The van der Waals surface area contributed by atoms with E-state index in [-0.39, 0.29) is 12.5 Å². The highest BCUT2D eigenvalue weighted by atomic mass is 16.3. The largest absolute Gasteiger partial charge is 0.394 e. The van der Waals surface area contributed by atoms with E-state index in [1.54, 1.807) is 6.08 Å². The number of amides is 1. The standard InChI is InChI=1S/C40H79NO3/c1-3-5-7-9-11-13-15-17-19-20-22-24-26-28-30-32-34-36-40(44)41-38(37-42)39(43)35-33-31-29-27-25-23-21-18-16-14-12-10-8-6-4-2/h33,35,38-39,42-43H,3-32,34,36-37H2,1-2H3,(H,41,44)/b35-33+. The van der Waals surface area contributed by atoms with Crippen LogP contribution in [0.1, 0.15) is 219 Å². The number of carbonyl (C=O) groups excluding carboxylic acids is 1. The summed E-state index contributed by atoms with van der Waals surface area (Å²) in [7, 11) is 0. The quantitative estimate of drug-likeness (QED) is 0.0481. The Hall–Kier alpha value is -0.870. The number of unbranched alkanes of at least 4 members (excludes halogenated alkanes) is 29. The molecule has 0 spiro atoms. The maximum absolute atomic E-state index is 12.3. The van der Waals surface area contributed by atoms with Gasteiger partial charge >= 0.3 is 0 Å². The molecule has 0 aromatic carbocycles. The second kappa shape index (κ2) is 36.6. The van der Waals surface area contributed by atoms with E-state index in [0.717, 1.165) is 25.7 Å². The summed E-state index contributed by atoms with van der Waals surface area (Å²) >= 11 is 0. The summed E-state index contributed by atoms with van der Waals surface area (Å²) in [5.74, 6) is -0.0612. The monoisotopic (exact) mass is 622 g/mol. The van der Waals surface area contributed by atoms with Gasteiger partial charge in [0, 0.05) is 6.42 Å². The van der Waals surface area contributed by atoms with Crippen molar-refractivity contribution in [3.63, 3.8) is 0 Å². The number of aliphatic hydroxyl groups excluding tert-OH is 2. The molecular formula is C40H79NO3. The van der Waals surface area contributed by atoms with Crippen LogP contribution in [0.4, 0.5) is 0 Å². The number of carbonyl (C=O) groups is 1. The Labute approximate surface area is 276 Å². The smallest absolute Gasteiger partial charge is 0.220 e. The lowest BCUT2D eigenvalue weighted by molar-refractivity contribution is -0.123. The first-order chi connectivity index (χ1) is 21.7. The fourth-order valence-corrected chi connectivity index (χ4v) is 6.18. The van der Waals surface area contributed by atoms with Crippen molar-refractivity contribution < 1.29 is 15.0 Å². The molecule has 4 heteroatoms. The first-order valence-corrected chi connectivity index (χ1v) is 19.9. The van der Waals surface area contributed by atoms with Gasteiger partial charge in [-0.3, -0.25) is 4.79 Å². The lowest BCUT2D eigenvalue weighted by atomic mass is 10.0. The number of hydrogen-bond donors (Lipinski definition) is 3. The van der Waals surface area contributed by atoms with Crippen LogP contribution in [0.25, 0.3) is 0 Å². The van der Waals surface area contributed by atoms with Gasteiger partial charge in [0.15, 0.2) is 0 Å². The van der Waals surface area contributed by atoms with Crippen LogP contribution in [0.2, 0.25) is 0 Å². The van der Waals surface area contributed by atoms with Gasteiger partial charge in [0.25, 0.3) is 0 Å². The maximum Gasteiger partial charge on any atom is 0.220 e. The van der Waals surface area contributed by atoms with Crippen molar-refractivity contribution >= 4 is 5.91 Å². The van der Waals surface area contributed by atoms with Crippen molar-refractivity contribution in [2.45, 2.75) is 231 Å². The highest BCUT2D eigenvalue weighted by Crippen LogP contribution is 2.15. The van der Waals surface area contributed by atoms with Crippen LogP contribution in [0.15, 0.2) is 12.2 Å². The molecule has 0 saturated heterocycles. The molecule has 1 amide bonds. The van der Waals surface area contributed by atoms with E-state index in [1.807, 2.05) is 6.08 Å². The highest BCUT2D eigenvalue weighted by molar-refractivity contribution is 5.76. The van der Waals surface area contributed by atoms with E-state index in [0.29, 0.717) is 6.42 Å². The molecule has 4 nitrogen and oxygen atoms in total. The van der Waals surface area contributed by atoms with E-state index in [4.69, 9.17) is 0 Å². The summed E-state index contributed by atoms with van der Waals surface area (Å²) in [6, 6.07) is -0.615. The van der Waals surface area contributed by atoms with Crippen LogP contribution in [0.5, 0.6) is 0 Å². The van der Waals surface area contributed by atoms with Gasteiger partial charge in [-0.2, -0.15) is 0 Å². The number of rotatable bonds is 36. The van der Waals surface area contributed by atoms with Crippen molar-refractivity contribution in [1.29, 1.82) is 0 Å². The minimum atomic E-state index is -0.832. The van der Waals surface area contributed by atoms with Crippen molar-refractivity contribution in [3.8, 4) is 0 Å². The van der Waals surface area contributed by atoms with Gasteiger partial charge in [0.2, 0.25) is 5.91 Å². The third-order valence-electron chi connectivity index (χ3n) is 9.27. The number of nitrogens with one attached hydrogen (secondary N) is 1. The fraction of sp³-hybridized carbons (Fsp3) is 0.925. The van der Waals surface area contributed by atoms with E-state index >= 15 is 0 Å². The molecule has 0 aliphatic carbocycles. The van der Waals surface area contributed by atoms with Crippen LogP contribution >= 0.6 is 0 Å². The van der Waals surface area contributed by atoms with Gasteiger partial charge in [0.1, 0.15) is 0 Å². The molecular weight excluding hydrogens is 542 g/mol. The van der Waals surface area contributed by atoms with E-state index in [1.165, 1.54) is 173 Å². The zero-order valence-corrected chi connectivity index (χ0v) is 29.9. The highest BCUT2D eigenvalue weighted by Gasteiger charge is 2.17. The Bertz CT molecular complexity index is 593. The molecule has 0 radical (unpaired) electrons. The Kier molecular flexibility index (Phi) is 35.9. The molecule has 0 aliphatic rings. The summed E-state index contributed by atoms with van der Waals surface area (Å²) < 4.78 is 0. The number of allylic oxidation sites excluding steroid dienone is 1. The molecule has 2 atom stereocenters. The van der Waals surface area contributed by atoms with Gasteiger partial charge in [-0.05, 0) is 19.3 Å². The van der Waals surface area contributed by atoms with Crippen molar-refractivity contribution in [2.75, 3.05) is 6.61 Å². The molecule has 0 heterocycles. The number of hydrogen-bond acceptors (Lipinski definition) is 3. The summed E-state index contributed by atoms with van der Waals surface area (Å²) in [5.41, 5.74) is 0. The minimum Gasteiger partial charge on any atom is -0.394 e. The predicted molar refractivity (Wildman–Crippen MR) is 193 cm³/mol. The fourth-order valence-electron chi connectivity index (χ4n) is 6.18. The molecule has 2 unspecified atom stereocenters. The first-order valence-electron chi connectivity index (χ1n) is 19.9. The number of aliphatic hydroxyl groups is 2. The lowest BCUT2D eigenvalue weighted by Gasteiger charge is -2.20. The van der Waals surface area contributed by atoms with Gasteiger partial charge in [-0.25, -0.2) is 0 Å². The molecule has 0 rings (SSSR count). The predicted octanol–water partition coefficient (Wildman–Crippen LogP) is 11.9. The van der Waals surface area contributed by atoms with Crippen molar-refractivity contribution in [3.05, 3.63) is 12.2 Å². The van der Waals surface area contributed by atoms with Crippen molar-refractivity contribution in [1.82, 2.24) is 5.32 Å². The molecule has 0 aliphatic heterocycles. The molecule has 0 fully saturated rings. The van der Waals surface area contributed by atoms with E-state index in [2.05, 4.69) is 19.2 Å². The first kappa shape index (κ1) is 43.1. The average molecular weight is 622 g/mol. The van der Waals surface area contributed by atoms with Crippen LogP contribution < -0.4 is 5.32 Å². The molecule has 0 aromatic rings. The SMILES string of the molecule is CCCCCCCCCCCCCCC/C=C/C(O)C(CO)NC(=O)CCCCCCCCCCCCCCCCCCC. The summed E-state index contributed by atoms with van der Waals surface area (Å²) in [4.78, 5) is 12.3. The van der Waals surface area contributed by atoms with Crippen LogP contribution in [0, 0.1) is 0 Å². The Morgan fingerprint density at radius 3 is 1.18 bits per heavy atom. The normalized spacial score (nSPS) is 13.1. The molecule has 0 bridgehead atoms. The van der Waals surface area contributed by atoms with Crippen LogP contribution in [-0.2, 0) is 4.79 Å². The Morgan fingerprint density at radius 1 is 0.523 bits per heavy atom. The van der Waals surface area contributed by atoms with Crippen molar-refractivity contribution in [2.24, 2.45) is 0 Å². The Morgan fingerprint density at radius 2 is 0.841 bits per heavy atom. The minimum absolute atomic E-state index is 0.0612. The third kappa shape index (κ3) is 32.5. The van der Waals surface area contributed by atoms with Gasteiger partial charge in [0.05, 0.1) is 18.8 Å². The summed E-state index contributed by atoms with van der Waals surface area (Å²) in [5, 5.41) is 22.9.